The van der Waals surface area contributed by atoms with Gasteiger partial charge in [0, 0.05) is 50.4 Å². The van der Waals surface area contributed by atoms with E-state index in [9.17, 15) is 0 Å². The smallest absolute Gasteiger partial charge is 0.139 e. The summed E-state index contributed by atoms with van der Waals surface area (Å²) in [7, 11) is 0. The van der Waals surface area contributed by atoms with Crippen molar-refractivity contribution in [3.05, 3.63) is 144 Å². The van der Waals surface area contributed by atoms with Crippen LogP contribution in [0.1, 0.15) is 29.0 Å². The van der Waals surface area contributed by atoms with E-state index in [4.69, 9.17) is 13.3 Å². The van der Waals surface area contributed by atoms with Gasteiger partial charge >= 0.3 is 0 Å². The summed E-state index contributed by atoms with van der Waals surface area (Å²) in [6.07, 6.45) is 10.9. The van der Waals surface area contributed by atoms with Crippen molar-refractivity contribution in [2.45, 2.75) is 18.8 Å². The molecule has 9 aromatic rings. The van der Waals surface area contributed by atoms with Crippen LogP contribution in [-0.2, 0) is 6.42 Å². The SMILES string of the molecule is C1=CCC(c2ccc3c(c2)-c2cc4c(cc2C3)oc2cc3oc5cc6oc7ccc(-c8ccccc8)cc7c6cc5c3cc24)C=C1. The van der Waals surface area contributed by atoms with Crippen LogP contribution in [0.2, 0.25) is 0 Å². The van der Waals surface area contributed by atoms with Gasteiger partial charge in [0.05, 0.1) is 0 Å². The van der Waals surface area contributed by atoms with E-state index < -0.39 is 0 Å². The van der Waals surface area contributed by atoms with E-state index in [2.05, 4.69) is 115 Å². The lowest BCUT2D eigenvalue weighted by Crippen LogP contribution is -1.96. The molecule has 11 rings (SSSR count). The lowest BCUT2D eigenvalue weighted by Gasteiger charge is -2.15. The summed E-state index contributed by atoms with van der Waals surface area (Å²) in [5.74, 6) is 0.434. The summed E-state index contributed by atoms with van der Waals surface area (Å²) >= 11 is 0. The maximum Gasteiger partial charge on any atom is 0.139 e. The molecule has 46 heavy (non-hydrogen) atoms. The fourth-order valence-electron chi connectivity index (χ4n) is 7.87. The van der Waals surface area contributed by atoms with Crippen LogP contribution in [0.3, 0.4) is 0 Å². The second-order valence-corrected chi connectivity index (χ2v) is 12.8. The molecule has 1 unspecified atom stereocenters. The van der Waals surface area contributed by atoms with Crippen molar-refractivity contribution in [1.29, 1.82) is 0 Å². The Bertz CT molecular complexity index is 2800. The average Bonchev–Trinajstić information content (AvgIpc) is 3.84. The molecule has 3 heterocycles. The van der Waals surface area contributed by atoms with Gasteiger partial charge in [-0.2, -0.15) is 0 Å². The maximum atomic E-state index is 6.48. The third-order valence-electron chi connectivity index (χ3n) is 10.2. The van der Waals surface area contributed by atoms with E-state index in [-0.39, 0.29) is 0 Å². The summed E-state index contributed by atoms with van der Waals surface area (Å²) in [5.41, 5.74) is 14.3. The van der Waals surface area contributed by atoms with Gasteiger partial charge in [-0.25, -0.2) is 0 Å². The van der Waals surface area contributed by atoms with Crippen LogP contribution in [0.15, 0.2) is 141 Å². The Hall–Kier alpha value is -5.80. The van der Waals surface area contributed by atoms with Gasteiger partial charge in [-0.1, -0.05) is 78.9 Å². The van der Waals surface area contributed by atoms with Crippen LogP contribution >= 0.6 is 0 Å². The number of fused-ring (bicyclic) bond motifs is 12. The van der Waals surface area contributed by atoms with Crippen LogP contribution in [0.4, 0.5) is 0 Å². The number of benzene rings is 6. The average molecular weight is 591 g/mol. The topological polar surface area (TPSA) is 39.4 Å². The molecule has 0 bridgehead atoms. The third kappa shape index (κ3) is 3.43. The molecule has 0 amide bonds. The van der Waals surface area contributed by atoms with Crippen molar-refractivity contribution in [2.24, 2.45) is 0 Å². The first-order chi connectivity index (χ1) is 22.7. The van der Waals surface area contributed by atoms with E-state index in [1.807, 2.05) is 12.1 Å². The van der Waals surface area contributed by atoms with Crippen LogP contribution in [0.5, 0.6) is 0 Å². The summed E-state index contributed by atoms with van der Waals surface area (Å²) in [5, 5.41) is 6.62. The first kappa shape index (κ1) is 24.5. The number of hydrogen-bond acceptors (Lipinski definition) is 3. The van der Waals surface area contributed by atoms with E-state index in [1.54, 1.807) is 0 Å². The van der Waals surface area contributed by atoms with Gasteiger partial charge in [-0.3, -0.25) is 0 Å². The lowest BCUT2D eigenvalue weighted by atomic mass is 9.90. The Morgan fingerprint density at radius 1 is 0.457 bits per heavy atom. The standard InChI is InChI=1S/C43H26O3/c1-3-7-24(8-4-1)26-11-12-28-15-29-18-39-33(19-31(29)30(28)16-26)35-21-37-36-20-34-32-17-27(25-9-5-2-6-10-25)13-14-38(32)44-40(34)22-42(36)46-43(37)23-41(35)45-39/h1-7,9-14,16-24H,8,15H2. The monoisotopic (exact) mass is 590 g/mol. The molecule has 216 valence electrons. The van der Waals surface area contributed by atoms with E-state index in [0.717, 1.165) is 78.7 Å². The lowest BCUT2D eigenvalue weighted by molar-refractivity contribution is 0.651. The fraction of sp³-hybridized carbons (Fsp3) is 0.0698. The number of hydrogen-bond donors (Lipinski definition) is 0. The first-order valence-corrected chi connectivity index (χ1v) is 16.0. The largest absolute Gasteiger partial charge is 0.456 e. The minimum Gasteiger partial charge on any atom is -0.456 e. The van der Waals surface area contributed by atoms with Gasteiger partial charge in [0.15, 0.2) is 0 Å². The molecule has 1 atom stereocenters. The predicted octanol–water partition coefficient (Wildman–Crippen LogP) is 12.2. The van der Waals surface area contributed by atoms with Crippen LogP contribution in [-0.4, -0.2) is 0 Å². The molecule has 0 spiro atoms. The Kier molecular flexibility index (Phi) is 4.74. The highest BCUT2D eigenvalue weighted by Crippen LogP contribution is 2.45. The van der Waals surface area contributed by atoms with Crippen molar-refractivity contribution >= 4 is 65.8 Å². The molecule has 0 fully saturated rings. The first-order valence-electron chi connectivity index (χ1n) is 16.0. The van der Waals surface area contributed by atoms with Crippen LogP contribution in [0, 0.1) is 0 Å². The van der Waals surface area contributed by atoms with Gasteiger partial charge in [0.2, 0.25) is 0 Å². The van der Waals surface area contributed by atoms with Crippen molar-refractivity contribution in [1.82, 2.24) is 0 Å². The molecule has 2 aliphatic rings. The van der Waals surface area contributed by atoms with Crippen molar-refractivity contribution in [3.63, 3.8) is 0 Å². The quantitative estimate of drug-likeness (QED) is 0.201. The van der Waals surface area contributed by atoms with Crippen molar-refractivity contribution in [2.75, 3.05) is 0 Å². The van der Waals surface area contributed by atoms with Crippen LogP contribution < -0.4 is 0 Å². The summed E-state index contributed by atoms with van der Waals surface area (Å²) < 4.78 is 19.2. The second kappa shape index (κ2) is 8.89. The highest BCUT2D eigenvalue weighted by atomic mass is 16.3. The van der Waals surface area contributed by atoms with Gasteiger partial charge < -0.3 is 13.3 Å². The van der Waals surface area contributed by atoms with E-state index in [1.165, 1.54) is 38.9 Å². The highest BCUT2D eigenvalue weighted by Gasteiger charge is 2.24. The minimum absolute atomic E-state index is 0.434. The van der Waals surface area contributed by atoms with Gasteiger partial charge in [0.25, 0.3) is 0 Å². The molecule has 2 aliphatic carbocycles. The summed E-state index contributed by atoms with van der Waals surface area (Å²) in [4.78, 5) is 0. The third-order valence-corrected chi connectivity index (χ3v) is 10.2. The van der Waals surface area contributed by atoms with Gasteiger partial charge in [-0.15, -0.1) is 0 Å². The molecule has 0 saturated heterocycles. The molecule has 0 N–H and O–H groups in total. The molecule has 3 aromatic heterocycles. The zero-order valence-electron chi connectivity index (χ0n) is 24.8. The maximum absolute atomic E-state index is 6.48. The Labute approximate surface area is 263 Å². The Morgan fingerprint density at radius 3 is 1.83 bits per heavy atom. The van der Waals surface area contributed by atoms with Crippen molar-refractivity contribution in [3.8, 4) is 22.3 Å². The van der Waals surface area contributed by atoms with Gasteiger partial charge in [-0.05, 0) is 88.2 Å². The number of rotatable bonds is 2. The minimum atomic E-state index is 0.434. The van der Waals surface area contributed by atoms with Crippen LogP contribution in [0.25, 0.3) is 88.1 Å². The van der Waals surface area contributed by atoms with Crippen molar-refractivity contribution < 1.29 is 13.3 Å². The molecule has 0 radical (unpaired) electrons. The summed E-state index contributed by atoms with van der Waals surface area (Å²) in [6.45, 7) is 0. The van der Waals surface area contributed by atoms with E-state index in [0.29, 0.717) is 5.92 Å². The molecule has 6 aromatic carbocycles. The fourth-order valence-corrected chi connectivity index (χ4v) is 7.87. The normalized spacial score (nSPS) is 15.7. The van der Waals surface area contributed by atoms with Gasteiger partial charge in [0.1, 0.15) is 33.5 Å². The zero-order chi connectivity index (χ0) is 29.9. The second-order valence-electron chi connectivity index (χ2n) is 12.8. The highest BCUT2D eigenvalue weighted by molar-refractivity contribution is 6.19. The number of furan rings is 3. The molecular formula is C43H26O3. The molecular weight excluding hydrogens is 564 g/mol. The zero-order valence-corrected chi connectivity index (χ0v) is 24.8. The van der Waals surface area contributed by atoms with E-state index >= 15 is 0 Å². The molecule has 0 saturated carbocycles. The Morgan fingerprint density at radius 2 is 1.11 bits per heavy atom. The molecule has 3 heteroatoms. The molecule has 3 nitrogen and oxygen atoms in total. The number of allylic oxidation sites excluding steroid dienone is 4. The predicted molar refractivity (Wildman–Crippen MR) is 188 cm³/mol. The molecule has 0 aliphatic heterocycles. The summed E-state index contributed by atoms with van der Waals surface area (Å²) in [6, 6.07) is 37.1. The Balaban J connectivity index is 1.09.